The Morgan fingerprint density at radius 3 is 2.10 bits per heavy atom. The van der Waals surface area contributed by atoms with Crippen LogP contribution in [0.5, 0.6) is 17.2 Å². The van der Waals surface area contributed by atoms with Crippen LogP contribution in [0, 0.1) is 0 Å². The van der Waals surface area contributed by atoms with Crippen LogP contribution in [0.2, 0.25) is 0 Å². The van der Waals surface area contributed by atoms with Gasteiger partial charge in [0.2, 0.25) is 11.7 Å². The van der Waals surface area contributed by atoms with E-state index in [-0.39, 0.29) is 11.9 Å². The Morgan fingerprint density at radius 2 is 1.71 bits per heavy atom. The number of amides is 1. The van der Waals surface area contributed by atoms with Crippen molar-refractivity contribution < 1.29 is 19.0 Å². The molecule has 1 aromatic rings. The zero-order valence-corrected chi connectivity index (χ0v) is 12.3. The molecule has 0 saturated heterocycles. The highest BCUT2D eigenvalue weighted by molar-refractivity contribution is 6.12. The summed E-state index contributed by atoms with van der Waals surface area (Å²) in [4.78, 5) is 17.0. The minimum atomic E-state index is -0.385. The van der Waals surface area contributed by atoms with E-state index in [9.17, 15) is 4.79 Å². The molecular weight excluding hydrogens is 274 g/mol. The minimum absolute atomic E-state index is 0.165. The van der Waals surface area contributed by atoms with Gasteiger partial charge in [0.25, 0.3) is 5.91 Å². The number of carbonyl (C=O) groups excluding carboxylic acids is 1. The van der Waals surface area contributed by atoms with Crippen molar-refractivity contribution in [3.8, 4) is 17.2 Å². The molecule has 0 atom stereocenters. The number of nitrogens with two attached hydrogens (primary N) is 1. The number of likely N-dealkylation sites (N-methyl/N-ethyl adjacent to an activating group) is 1. The van der Waals surface area contributed by atoms with Crippen LogP contribution >= 0.6 is 0 Å². The number of guanidine groups is 1. The molecule has 0 radical (unpaired) electrons. The van der Waals surface area contributed by atoms with Gasteiger partial charge in [-0.1, -0.05) is 0 Å². The second-order valence-electron chi connectivity index (χ2n) is 4.32. The fourth-order valence-corrected chi connectivity index (χ4v) is 2.00. The topological polar surface area (TPSA) is 86.4 Å². The van der Waals surface area contributed by atoms with Gasteiger partial charge in [0, 0.05) is 7.05 Å². The molecule has 1 aliphatic heterocycles. The Bertz CT molecular complexity index is 612. The summed E-state index contributed by atoms with van der Waals surface area (Å²) in [6, 6.07) is 3.48. The Balaban J connectivity index is 2.49. The van der Waals surface area contributed by atoms with Crippen molar-refractivity contribution in [2.75, 3.05) is 28.4 Å². The maximum absolute atomic E-state index is 11.8. The van der Waals surface area contributed by atoms with Crippen LogP contribution in [-0.2, 0) is 4.79 Å². The van der Waals surface area contributed by atoms with Gasteiger partial charge in [-0.15, -0.1) is 0 Å². The summed E-state index contributed by atoms with van der Waals surface area (Å²) in [5.74, 6) is 1.28. The highest BCUT2D eigenvalue weighted by Gasteiger charge is 2.24. The smallest absolute Gasteiger partial charge is 0.296 e. The molecule has 112 valence electrons. The van der Waals surface area contributed by atoms with Gasteiger partial charge in [-0.3, -0.25) is 4.79 Å². The number of hydrogen-bond acceptors (Lipinski definition) is 6. The first-order chi connectivity index (χ1) is 10.0. The van der Waals surface area contributed by atoms with E-state index in [1.807, 2.05) is 0 Å². The maximum Gasteiger partial charge on any atom is 0.296 e. The van der Waals surface area contributed by atoms with Crippen molar-refractivity contribution in [2.24, 2.45) is 10.7 Å². The average molecular weight is 291 g/mol. The van der Waals surface area contributed by atoms with Crippen molar-refractivity contribution >= 4 is 17.9 Å². The van der Waals surface area contributed by atoms with Crippen LogP contribution < -0.4 is 19.9 Å². The molecule has 0 bridgehead atoms. The Morgan fingerprint density at radius 1 is 1.14 bits per heavy atom. The summed E-state index contributed by atoms with van der Waals surface area (Å²) in [5.41, 5.74) is 6.70. The van der Waals surface area contributed by atoms with Crippen molar-refractivity contribution in [3.05, 3.63) is 23.4 Å². The van der Waals surface area contributed by atoms with E-state index in [4.69, 9.17) is 19.9 Å². The molecule has 21 heavy (non-hydrogen) atoms. The third kappa shape index (κ3) is 2.62. The Labute approximate surface area is 122 Å². The predicted molar refractivity (Wildman–Crippen MR) is 78.5 cm³/mol. The molecule has 1 amide bonds. The molecular formula is C14H17N3O4. The van der Waals surface area contributed by atoms with E-state index < -0.39 is 0 Å². The fraction of sp³-hybridized carbons (Fsp3) is 0.286. The van der Waals surface area contributed by atoms with E-state index >= 15 is 0 Å². The predicted octanol–water partition coefficient (Wildman–Crippen LogP) is 0.840. The van der Waals surface area contributed by atoms with Crippen molar-refractivity contribution in [1.82, 2.24) is 4.90 Å². The van der Waals surface area contributed by atoms with Crippen LogP contribution in [0.1, 0.15) is 5.56 Å². The molecule has 1 aromatic carbocycles. The first kappa shape index (κ1) is 14.7. The van der Waals surface area contributed by atoms with E-state index in [1.54, 1.807) is 25.3 Å². The molecule has 0 saturated carbocycles. The van der Waals surface area contributed by atoms with E-state index in [0.717, 1.165) is 0 Å². The lowest BCUT2D eigenvalue weighted by atomic mass is 10.1. The van der Waals surface area contributed by atoms with Crippen LogP contribution in [0.25, 0.3) is 6.08 Å². The summed E-state index contributed by atoms with van der Waals surface area (Å²) in [5, 5.41) is 0. The number of ether oxygens (including phenoxy) is 3. The quantitative estimate of drug-likeness (QED) is 0.827. The Hall–Kier alpha value is -2.70. The van der Waals surface area contributed by atoms with E-state index in [0.29, 0.717) is 28.5 Å². The van der Waals surface area contributed by atoms with Crippen LogP contribution in [-0.4, -0.2) is 45.1 Å². The monoisotopic (exact) mass is 291 g/mol. The van der Waals surface area contributed by atoms with Gasteiger partial charge < -0.3 is 24.8 Å². The molecule has 2 N–H and O–H groups in total. The molecule has 0 aliphatic carbocycles. The maximum atomic E-state index is 11.8. The van der Waals surface area contributed by atoms with Crippen LogP contribution in [0.15, 0.2) is 22.8 Å². The van der Waals surface area contributed by atoms with E-state index in [1.165, 1.54) is 26.2 Å². The first-order valence-corrected chi connectivity index (χ1v) is 6.15. The molecule has 0 fully saturated rings. The van der Waals surface area contributed by atoms with Crippen molar-refractivity contribution in [2.45, 2.75) is 0 Å². The Kier molecular flexibility index (Phi) is 4.02. The summed E-state index contributed by atoms with van der Waals surface area (Å²) in [7, 11) is 6.26. The van der Waals surface area contributed by atoms with Gasteiger partial charge in [-0.05, 0) is 23.8 Å². The largest absolute Gasteiger partial charge is 0.493 e. The summed E-state index contributed by atoms with van der Waals surface area (Å²) in [6.45, 7) is 0. The number of methoxy groups -OCH3 is 3. The highest BCUT2D eigenvalue weighted by atomic mass is 16.5. The molecule has 0 unspecified atom stereocenters. The van der Waals surface area contributed by atoms with Gasteiger partial charge in [-0.2, -0.15) is 4.99 Å². The molecule has 0 spiro atoms. The fourth-order valence-electron chi connectivity index (χ4n) is 2.00. The average Bonchev–Trinajstić information content (AvgIpc) is 2.72. The molecule has 1 aliphatic rings. The lowest BCUT2D eigenvalue weighted by Gasteiger charge is -2.14. The molecule has 0 aromatic heterocycles. The SMILES string of the molecule is COc1cc(C=C2C(=O)N=C(N)N2C)cc(OC)c1OC. The van der Waals surface area contributed by atoms with Crippen LogP contribution in [0.4, 0.5) is 0 Å². The van der Waals surface area contributed by atoms with Gasteiger partial charge in [0.15, 0.2) is 11.5 Å². The second kappa shape index (κ2) is 5.74. The van der Waals surface area contributed by atoms with Gasteiger partial charge in [0.1, 0.15) is 5.70 Å². The second-order valence-corrected chi connectivity index (χ2v) is 4.32. The minimum Gasteiger partial charge on any atom is -0.493 e. The molecule has 1 heterocycles. The molecule has 2 rings (SSSR count). The number of nitrogens with zero attached hydrogens (tertiary/aromatic N) is 2. The number of aliphatic imine (C=N–C) groups is 1. The van der Waals surface area contributed by atoms with Gasteiger partial charge in [-0.25, -0.2) is 0 Å². The third-order valence-electron chi connectivity index (χ3n) is 3.13. The van der Waals surface area contributed by atoms with E-state index in [2.05, 4.69) is 4.99 Å². The zero-order valence-electron chi connectivity index (χ0n) is 12.3. The van der Waals surface area contributed by atoms with Crippen LogP contribution in [0.3, 0.4) is 0 Å². The lowest BCUT2D eigenvalue weighted by molar-refractivity contribution is -0.114. The van der Waals surface area contributed by atoms with Gasteiger partial charge in [0.05, 0.1) is 21.3 Å². The normalized spacial score (nSPS) is 16.2. The molecule has 7 nitrogen and oxygen atoms in total. The zero-order chi connectivity index (χ0) is 15.6. The summed E-state index contributed by atoms with van der Waals surface area (Å²) in [6.07, 6.45) is 1.66. The lowest BCUT2D eigenvalue weighted by Crippen LogP contribution is -2.28. The third-order valence-corrected chi connectivity index (χ3v) is 3.13. The summed E-state index contributed by atoms with van der Waals surface area (Å²) >= 11 is 0. The number of hydrogen-bond donors (Lipinski definition) is 1. The standard InChI is InChI=1S/C14H17N3O4/c1-17-9(13(18)16-14(17)15)5-8-6-10(19-2)12(21-4)11(7-8)20-3/h5-7H,1-4H3,(H2,15,16,18). The first-order valence-electron chi connectivity index (χ1n) is 6.15. The summed E-state index contributed by atoms with van der Waals surface area (Å²) < 4.78 is 15.8. The molecule has 7 heteroatoms. The number of benzene rings is 1. The number of rotatable bonds is 4. The van der Waals surface area contributed by atoms with Crippen molar-refractivity contribution in [3.63, 3.8) is 0 Å². The number of carbonyl (C=O) groups is 1. The van der Waals surface area contributed by atoms with Gasteiger partial charge >= 0.3 is 0 Å². The van der Waals surface area contributed by atoms with Crippen molar-refractivity contribution in [1.29, 1.82) is 0 Å². The highest BCUT2D eigenvalue weighted by Crippen LogP contribution is 2.38.